The smallest absolute Gasteiger partial charge is 0.310 e. The van der Waals surface area contributed by atoms with Crippen LogP contribution in [0.4, 0.5) is 11.5 Å². The van der Waals surface area contributed by atoms with Gasteiger partial charge in [0.2, 0.25) is 5.91 Å². The first-order valence-electron chi connectivity index (χ1n) is 7.51. The molecule has 0 bridgehead atoms. The number of nitrogens with zero attached hydrogens (tertiary/aromatic N) is 2. The summed E-state index contributed by atoms with van der Waals surface area (Å²) in [6.07, 6.45) is 3.37. The summed E-state index contributed by atoms with van der Waals surface area (Å²) in [5.41, 5.74) is 5.86. The summed E-state index contributed by atoms with van der Waals surface area (Å²) in [6.45, 7) is 3.63. The van der Waals surface area contributed by atoms with Crippen molar-refractivity contribution in [2.45, 2.75) is 19.8 Å². The number of anilines is 2. The van der Waals surface area contributed by atoms with Gasteiger partial charge in [-0.3, -0.25) is 9.59 Å². The molecular weight excluding hydrogens is 284 g/mol. The Morgan fingerprint density at radius 3 is 2.95 bits per heavy atom. The second-order valence-electron chi connectivity index (χ2n) is 5.19. The Morgan fingerprint density at radius 2 is 2.32 bits per heavy atom. The normalized spacial score (nSPS) is 17.9. The summed E-state index contributed by atoms with van der Waals surface area (Å²) >= 11 is 0. The second kappa shape index (κ2) is 7.74. The Bertz CT molecular complexity index is 518. The van der Waals surface area contributed by atoms with Crippen molar-refractivity contribution in [3.8, 4) is 0 Å². The molecule has 1 unspecified atom stereocenters. The topological polar surface area (TPSA) is 97.5 Å². The first-order chi connectivity index (χ1) is 10.6. The number of ether oxygens (including phenoxy) is 1. The molecule has 0 radical (unpaired) electrons. The summed E-state index contributed by atoms with van der Waals surface area (Å²) in [4.78, 5) is 29.5. The average Bonchev–Trinajstić information content (AvgIpc) is 2.56. The van der Waals surface area contributed by atoms with E-state index in [1.165, 1.54) is 0 Å². The number of carbonyl (C=O) groups excluding carboxylic acids is 2. The number of hydrogen-bond donors (Lipinski definition) is 2. The number of rotatable bonds is 5. The number of carbonyl (C=O) groups is 2. The maximum atomic E-state index is 11.9. The fraction of sp³-hybridized carbons (Fsp3) is 0.533. The van der Waals surface area contributed by atoms with E-state index in [1.807, 2.05) is 13.0 Å². The summed E-state index contributed by atoms with van der Waals surface area (Å²) < 4.78 is 5.10. The summed E-state index contributed by atoms with van der Waals surface area (Å²) in [7, 11) is 0. The monoisotopic (exact) mass is 306 g/mol. The Hall–Kier alpha value is -2.15. The van der Waals surface area contributed by atoms with Gasteiger partial charge in [-0.2, -0.15) is 0 Å². The summed E-state index contributed by atoms with van der Waals surface area (Å²) in [6, 6.07) is 3.61. The molecule has 1 saturated heterocycles. The van der Waals surface area contributed by atoms with Gasteiger partial charge >= 0.3 is 5.97 Å². The van der Waals surface area contributed by atoms with E-state index in [0.717, 1.165) is 25.2 Å². The quantitative estimate of drug-likeness (QED) is 0.779. The highest BCUT2D eigenvalue weighted by atomic mass is 16.5. The van der Waals surface area contributed by atoms with Crippen molar-refractivity contribution in [1.82, 2.24) is 4.98 Å². The molecule has 1 aromatic rings. The second-order valence-corrected chi connectivity index (χ2v) is 5.19. The number of nitrogens with one attached hydrogen (secondary N) is 1. The Labute approximate surface area is 129 Å². The molecule has 1 amide bonds. The SMILES string of the molecule is CCOC(=O)C1CCCN(c2ccc(NC(=O)CN)cn2)C1. The van der Waals surface area contributed by atoms with Crippen molar-refractivity contribution < 1.29 is 14.3 Å². The highest BCUT2D eigenvalue weighted by Gasteiger charge is 2.27. The van der Waals surface area contributed by atoms with Crippen LogP contribution in [-0.2, 0) is 14.3 Å². The van der Waals surface area contributed by atoms with E-state index in [-0.39, 0.29) is 24.3 Å². The molecule has 1 aromatic heterocycles. The molecule has 1 aliphatic heterocycles. The van der Waals surface area contributed by atoms with Crippen molar-refractivity contribution in [2.24, 2.45) is 11.7 Å². The number of amides is 1. The molecule has 1 aliphatic rings. The number of piperidine rings is 1. The standard InChI is InChI=1S/C15H22N4O3/c1-2-22-15(21)11-4-3-7-19(10-11)13-6-5-12(9-17-13)18-14(20)8-16/h5-6,9,11H,2-4,7-8,10,16H2,1H3,(H,18,20). The highest BCUT2D eigenvalue weighted by molar-refractivity contribution is 5.91. The van der Waals surface area contributed by atoms with Crippen LogP contribution >= 0.6 is 0 Å². The number of hydrogen-bond acceptors (Lipinski definition) is 6. The van der Waals surface area contributed by atoms with Crippen molar-refractivity contribution in [3.05, 3.63) is 18.3 Å². The van der Waals surface area contributed by atoms with Gasteiger partial charge in [-0.1, -0.05) is 0 Å². The molecule has 0 aromatic carbocycles. The molecule has 1 fully saturated rings. The fourth-order valence-electron chi connectivity index (χ4n) is 2.50. The molecule has 2 rings (SSSR count). The molecule has 2 heterocycles. The van der Waals surface area contributed by atoms with Crippen molar-refractivity contribution in [1.29, 1.82) is 0 Å². The lowest BCUT2D eigenvalue weighted by atomic mass is 9.98. The van der Waals surface area contributed by atoms with E-state index >= 15 is 0 Å². The van der Waals surface area contributed by atoms with Crippen molar-refractivity contribution in [3.63, 3.8) is 0 Å². The van der Waals surface area contributed by atoms with Crippen molar-refractivity contribution >= 4 is 23.4 Å². The maximum absolute atomic E-state index is 11.9. The molecule has 0 saturated carbocycles. The molecule has 0 aliphatic carbocycles. The molecule has 3 N–H and O–H groups in total. The molecule has 1 atom stereocenters. The minimum Gasteiger partial charge on any atom is -0.466 e. The van der Waals surface area contributed by atoms with Gasteiger partial charge in [0.1, 0.15) is 5.82 Å². The predicted octanol–water partition coefficient (Wildman–Crippen LogP) is 0.758. The number of pyridine rings is 1. The van der Waals surface area contributed by atoms with E-state index in [9.17, 15) is 9.59 Å². The third kappa shape index (κ3) is 4.17. The lowest BCUT2D eigenvalue weighted by Crippen LogP contribution is -2.39. The van der Waals surface area contributed by atoms with Gasteiger partial charge in [-0.25, -0.2) is 4.98 Å². The molecule has 120 valence electrons. The zero-order valence-electron chi connectivity index (χ0n) is 12.7. The van der Waals surface area contributed by atoms with E-state index < -0.39 is 0 Å². The van der Waals surface area contributed by atoms with Crippen LogP contribution in [0.2, 0.25) is 0 Å². The summed E-state index contributed by atoms with van der Waals surface area (Å²) in [5.74, 6) is 0.292. The van der Waals surface area contributed by atoms with Gasteiger partial charge in [0.15, 0.2) is 0 Å². The van der Waals surface area contributed by atoms with Crippen LogP contribution in [0.15, 0.2) is 18.3 Å². The molecule has 7 heteroatoms. The number of esters is 1. The summed E-state index contributed by atoms with van der Waals surface area (Å²) in [5, 5.41) is 2.65. The van der Waals surface area contributed by atoms with Gasteiger partial charge in [0, 0.05) is 13.1 Å². The lowest BCUT2D eigenvalue weighted by molar-refractivity contribution is -0.148. The lowest BCUT2D eigenvalue weighted by Gasteiger charge is -2.32. The Kier molecular flexibility index (Phi) is 5.71. The van der Waals surface area contributed by atoms with Crippen LogP contribution in [0.5, 0.6) is 0 Å². The van der Waals surface area contributed by atoms with Crippen LogP contribution in [0.25, 0.3) is 0 Å². The molecule has 7 nitrogen and oxygen atoms in total. The highest BCUT2D eigenvalue weighted by Crippen LogP contribution is 2.23. The Balaban J connectivity index is 1.98. The van der Waals surface area contributed by atoms with Crippen LogP contribution in [0.1, 0.15) is 19.8 Å². The molecule has 22 heavy (non-hydrogen) atoms. The van der Waals surface area contributed by atoms with Gasteiger partial charge in [0.25, 0.3) is 0 Å². The van der Waals surface area contributed by atoms with Crippen LogP contribution in [0, 0.1) is 5.92 Å². The largest absolute Gasteiger partial charge is 0.466 e. The van der Waals surface area contributed by atoms with Gasteiger partial charge in [0.05, 0.1) is 31.0 Å². The average molecular weight is 306 g/mol. The zero-order valence-corrected chi connectivity index (χ0v) is 12.7. The minimum absolute atomic E-state index is 0.0604. The molecular formula is C15H22N4O3. The third-order valence-corrected chi connectivity index (χ3v) is 3.58. The van der Waals surface area contributed by atoms with Crippen LogP contribution in [0.3, 0.4) is 0 Å². The van der Waals surface area contributed by atoms with Gasteiger partial charge in [-0.05, 0) is 31.9 Å². The Morgan fingerprint density at radius 1 is 1.50 bits per heavy atom. The number of nitrogens with two attached hydrogens (primary N) is 1. The van der Waals surface area contributed by atoms with Gasteiger partial charge < -0.3 is 20.7 Å². The predicted molar refractivity (Wildman–Crippen MR) is 83.5 cm³/mol. The molecule has 0 spiro atoms. The first-order valence-corrected chi connectivity index (χ1v) is 7.51. The fourth-order valence-corrected chi connectivity index (χ4v) is 2.50. The van der Waals surface area contributed by atoms with Gasteiger partial charge in [-0.15, -0.1) is 0 Å². The van der Waals surface area contributed by atoms with E-state index in [4.69, 9.17) is 10.5 Å². The van der Waals surface area contributed by atoms with E-state index in [1.54, 1.807) is 12.3 Å². The zero-order chi connectivity index (χ0) is 15.9. The van der Waals surface area contributed by atoms with Crippen LogP contribution < -0.4 is 16.0 Å². The number of aromatic nitrogens is 1. The van der Waals surface area contributed by atoms with E-state index in [2.05, 4.69) is 15.2 Å². The van der Waals surface area contributed by atoms with Crippen molar-refractivity contribution in [2.75, 3.05) is 36.5 Å². The van der Waals surface area contributed by atoms with Crippen LogP contribution in [-0.4, -0.2) is 43.1 Å². The minimum atomic E-state index is -0.255. The van der Waals surface area contributed by atoms with E-state index in [0.29, 0.717) is 18.8 Å². The third-order valence-electron chi connectivity index (χ3n) is 3.58. The maximum Gasteiger partial charge on any atom is 0.310 e. The first kappa shape index (κ1) is 16.2.